The molecule has 0 amide bonds. The van der Waals surface area contributed by atoms with Gasteiger partial charge in [0.25, 0.3) is 0 Å². The number of hydrogen-bond donors (Lipinski definition) is 0. The van der Waals surface area contributed by atoms with Crippen LogP contribution in [0.5, 0.6) is 0 Å². The summed E-state index contributed by atoms with van der Waals surface area (Å²) in [6.07, 6.45) is -2.06. The molecular weight excluding hydrogens is 278 g/mol. The lowest BCUT2D eigenvalue weighted by Crippen LogP contribution is -2.12. The quantitative estimate of drug-likeness (QED) is 0.434. The third kappa shape index (κ3) is 3.91. The van der Waals surface area contributed by atoms with E-state index in [0.717, 1.165) is 0 Å². The maximum Gasteiger partial charge on any atom is 0.207 e. The zero-order chi connectivity index (χ0) is 9.99. The fraction of sp³-hybridized carbons (Fsp3) is 1.00. The van der Waals surface area contributed by atoms with Crippen LogP contribution in [-0.4, -0.2) is 10.8 Å². The van der Waals surface area contributed by atoms with E-state index in [4.69, 9.17) is 45.3 Å². The Balaban J connectivity index is 4.94. The Morgan fingerprint density at radius 1 is 1.33 bits per heavy atom. The first-order chi connectivity index (χ1) is 5.23. The first-order valence-corrected chi connectivity index (χ1v) is 9.69. The lowest BCUT2D eigenvalue weighted by Gasteiger charge is -2.29. The first-order valence-electron chi connectivity index (χ1n) is 3.21. The molecule has 0 aromatic rings. The summed E-state index contributed by atoms with van der Waals surface area (Å²) >= 11 is 23.2. The normalized spacial score (nSPS) is 17.7. The van der Waals surface area contributed by atoms with Crippen molar-refractivity contribution in [3.8, 4) is 0 Å². The maximum absolute atomic E-state index is 6.25. The van der Waals surface area contributed by atoms with Gasteiger partial charge in [0.05, 0.1) is 12.0 Å². The SMILES string of the molecule is CC(C)(C)P(Cl)(CCl)=NP(Cl)Cl. The fourth-order valence-electron chi connectivity index (χ4n) is 0.445. The average molecular weight is 289 g/mol. The summed E-state index contributed by atoms with van der Waals surface area (Å²) in [5.41, 5.74) is 0.316. The third-order valence-electron chi connectivity index (χ3n) is 1.40. The number of rotatable bonds is 2. The van der Waals surface area contributed by atoms with Crippen LogP contribution in [0.3, 0.4) is 0 Å². The van der Waals surface area contributed by atoms with Crippen LogP contribution in [0.1, 0.15) is 20.8 Å². The van der Waals surface area contributed by atoms with Crippen molar-refractivity contribution in [1.29, 1.82) is 0 Å². The van der Waals surface area contributed by atoms with Crippen molar-refractivity contribution in [2.75, 3.05) is 5.62 Å². The monoisotopic (exact) mass is 287 g/mol. The summed E-state index contributed by atoms with van der Waals surface area (Å²) < 4.78 is 4.14. The van der Waals surface area contributed by atoms with Crippen LogP contribution in [0.25, 0.3) is 0 Å². The minimum absolute atomic E-state index is 0.138. The Labute approximate surface area is 94.3 Å². The molecule has 1 atom stereocenters. The first kappa shape index (κ1) is 13.8. The predicted molar refractivity (Wildman–Crippen MR) is 64.3 cm³/mol. The molecular formula is C5H11Cl4NP2. The van der Waals surface area contributed by atoms with Gasteiger partial charge in [0, 0.05) is 5.16 Å². The van der Waals surface area contributed by atoms with Gasteiger partial charge in [-0.25, -0.2) is 4.52 Å². The van der Waals surface area contributed by atoms with Gasteiger partial charge < -0.3 is 0 Å². The van der Waals surface area contributed by atoms with Crippen molar-refractivity contribution in [1.82, 2.24) is 0 Å². The van der Waals surface area contributed by atoms with Crippen molar-refractivity contribution >= 4 is 58.5 Å². The predicted octanol–water partition coefficient (Wildman–Crippen LogP) is 6.04. The van der Waals surface area contributed by atoms with E-state index in [2.05, 4.69) is 4.52 Å². The van der Waals surface area contributed by atoms with Gasteiger partial charge in [0.15, 0.2) is 0 Å². The van der Waals surface area contributed by atoms with E-state index < -0.39 is 13.2 Å². The zero-order valence-electron chi connectivity index (χ0n) is 7.06. The molecule has 74 valence electrons. The lowest BCUT2D eigenvalue weighted by atomic mass is 10.3. The van der Waals surface area contributed by atoms with Gasteiger partial charge in [-0.05, 0) is 0 Å². The second kappa shape index (κ2) is 5.06. The lowest BCUT2D eigenvalue weighted by molar-refractivity contribution is 0.787. The van der Waals surface area contributed by atoms with Crippen LogP contribution in [0.15, 0.2) is 4.52 Å². The molecule has 7 heteroatoms. The molecule has 12 heavy (non-hydrogen) atoms. The second-order valence-electron chi connectivity index (χ2n) is 3.27. The van der Waals surface area contributed by atoms with Gasteiger partial charge in [-0.15, -0.1) is 11.6 Å². The fourth-order valence-corrected chi connectivity index (χ4v) is 7.74. The van der Waals surface area contributed by atoms with Crippen molar-refractivity contribution in [2.45, 2.75) is 25.9 Å². The van der Waals surface area contributed by atoms with Crippen LogP contribution in [0.2, 0.25) is 0 Å². The average Bonchev–Trinajstić information content (AvgIpc) is 1.83. The van der Waals surface area contributed by atoms with E-state index in [-0.39, 0.29) is 5.16 Å². The Morgan fingerprint density at radius 3 is 1.83 bits per heavy atom. The van der Waals surface area contributed by atoms with E-state index in [0.29, 0.717) is 5.62 Å². The van der Waals surface area contributed by atoms with Gasteiger partial charge in [-0.2, -0.15) is 0 Å². The smallest absolute Gasteiger partial charge is 0.207 e. The third-order valence-corrected chi connectivity index (χ3v) is 10.6. The summed E-state index contributed by atoms with van der Waals surface area (Å²) in [7, 11) is 0. The summed E-state index contributed by atoms with van der Waals surface area (Å²) in [5, 5.41) is -0.138. The van der Waals surface area contributed by atoms with E-state index >= 15 is 0 Å². The molecule has 0 aliphatic heterocycles. The minimum Gasteiger partial charge on any atom is -0.231 e. The van der Waals surface area contributed by atoms with Gasteiger partial charge in [-0.1, -0.05) is 54.5 Å². The molecule has 1 unspecified atom stereocenters. The topological polar surface area (TPSA) is 12.4 Å². The maximum atomic E-state index is 6.25. The van der Waals surface area contributed by atoms with Crippen molar-refractivity contribution in [3.63, 3.8) is 0 Å². The van der Waals surface area contributed by atoms with Gasteiger partial charge in [0.1, 0.15) is 0 Å². The largest absolute Gasteiger partial charge is 0.231 e. The highest BCUT2D eigenvalue weighted by molar-refractivity contribution is 8.08. The van der Waals surface area contributed by atoms with Crippen LogP contribution >= 0.6 is 58.5 Å². The van der Waals surface area contributed by atoms with Crippen LogP contribution in [-0.2, 0) is 0 Å². The second-order valence-corrected chi connectivity index (χ2v) is 12.2. The molecule has 0 radical (unpaired) electrons. The van der Waals surface area contributed by atoms with Gasteiger partial charge in [0.2, 0.25) is 6.78 Å². The Morgan fingerprint density at radius 2 is 1.75 bits per heavy atom. The molecule has 0 rings (SSSR count). The molecule has 0 aliphatic rings. The highest BCUT2D eigenvalue weighted by Gasteiger charge is 2.31. The summed E-state index contributed by atoms with van der Waals surface area (Å²) in [5.74, 6) is 0. The molecule has 0 bridgehead atoms. The highest BCUT2D eigenvalue weighted by atomic mass is 35.9. The number of alkyl halides is 1. The Bertz CT molecular complexity index is 198. The van der Waals surface area contributed by atoms with Crippen molar-refractivity contribution in [2.24, 2.45) is 4.52 Å². The van der Waals surface area contributed by atoms with Crippen molar-refractivity contribution < 1.29 is 0 Å². The molecule has 1 nitrogen and oxygen atoms in total. The molecule has 0 N–H and O–H groups in total. The molecule has 0 saturated heterocycles. The zero-order valence-corrected chi connectivity index (χ0v) is 11.9. The molecule has 0 saturated carbocycles. The molecule has 0 aliphatic carbocycles. The van der Waals surface area contributed by atoms with Crippen molar-refractivity contribution in [3.05, 3.63) is 0 Å². The molecule has 0 aromatic heterocycles. The van der Waals surface area contributed by atoms with E-state index in [9.17, 15) is 0 Å². The van der Waals surface area contributed by atoms with Crippen LogP contribution in [0, 0.1) is 0 Å². The van der Waals surface area contributed by atoms with Gasteiger partial charge >= 0.3 is 0 Å². The minimum atomic E-state index is -2.06. The van der Waals surface area contributed by atoms with Gasteiger partial charge in [-0.3, -0.25) is 0 Å². The molecule has 0 aromatic carbocycles. The Kier molecular flexibility index (Phi) is 5.82. The van der Waals surface area contributed by atoms with E-state index in [1.807, 2.05) is 20.8 Å². The van der Waals surface area contributed by atoms with E-state index in [1.54, 1.807) is 0 Å². The van der Waals surface area contributed by atoms with E-state index in [1.165, 1.54) is 0 Å². The summed E-state index contributed by atoms with van der Waals surface area (Å²) in [6, 6.07) is 0. The standard InChI is InChI=1S/C5H11Cl4NP2/c1-5(2,3)12(9,4-6)10-11(7)8/h4H2,1-3H3. The summed E-state index contributed by atoms with van der Waals surface area (Å²) in [4.78, 5) is 0. The summed E-state index contributed by atoms with van der Waals surface area (Å²) in [6.45, 7) is 4.62. The number of halogens is 4. The van der Waals surface area contributed by atoms with Crippen LogP contribution in [0.4, 0.5) is 0 Å². The van der Waals surface area contributed by atoms with Crippen LogP contribution < -0.4 is 0 Å². The number of nitrogens with zero attached hydrogens (tertiary/aromatic N) is 1. The molecule has 0 spiro atoms. The highest BCUT2D eigenvalue weighted by Crippen LogP contribution is 2.72. The molecule has 0 fully saturated rings. The number of hydrogen-bond acceptors (Lipinski definition) is 1. The molecule has 0 heterocycles. The Hall–Kier alpha value is 1.82.